The van der Waals surface area contributed by atoms with Crippen molar-refractivity contribution in [1.29, 1.82) is 0 Å². The minimum absolute atomic E-state index is 0.0307. The van der Waals surface area contributed by atoms with Gasteiger partial charge in [-0.05, 0) is 27.5 Å². The van der Waals surface area contributed by atoms with E-state index in [-0.39, 0.29) is 10.8 Å². The molecule has 1 aromatic carbocycles. The number of aliphatic hydroxyl groups is 1. The van der Waals surface area contributed by atoms with Crippen molar-refractivity contribution in [2.75, 3.05) is 0 Å². The zero-order valence-corrected chi connectivity index (χ0v) is 15.0. The van der Waals surface area contributed by atoms with Gasteiger partial charge in [-0.25, -0.2) is 15.0 Å². The summed E-state index contributed by atoms with van der Waals surface area (Å²) in [5, 5.41) is 10.7. The van der Waals surface area contributed by atoms with E-state index in [0.717, 1.165) is 5.56 Å². The lowest BCUT2D eigenvalue weighted by atomic mass is 9.79. The van der Waals surface area contributed by atoms with Crippen LogP contribution in [0.5, 0.6) is 0 Å². The average Bonchev–Trinajstić information content (AvgIpc) is 2.46. The minimum atomic E-state index is -0.624. The Labute approximate surface area is 139 Å². The predicted molar refractivity (Wildman–Crippen MR) is 92.3 cm³/mol. The molecule has 1 unspecified atom stereocenters. The summed E-state index contributed by atoms with van der Waals surface area (Å²) in [7, 11) is 0. The Kier molecular flexibility index (Phi) is 4.85. The molecule has 4 nitrogen and oxygen atoms in total. The van der Waals surface area contributed by atoms with Crippen molar-refractivity contribution in [3.8, 4) is 0 Å². The number of hydrogen-bond donors (Lipinski definition) is 1. The first-order valence-electron chi connectivity index (χ1n) is 8.02. The minimum Gasteiger partial charge on any atom is -0.388 e. The van der Waals surface area contributed by atoms with E-state index in [1.807, 2.05) is 0 Å². The van der Waals surface area contributed by atoms with Crippen molar-refractivity contribution in [2.45, 2.75) is 64.9 Å². The van der Waals surface area contributed by atoms with Crippen LogP contribution in [-0.2, 0) is 17.3 Å². The molecule has 0 amide bonds. The van der Waals surface area contributed by atoms with E-state index in [1.165, 1.54) is 23.8 Å². The molecule has 0 saturated heterocycles. The summed E-state index contributed by atoms with van der Waals surface area (Å²) in [4.78, 5) is 12.0. The van der Waals surface area contributed by atoms with Crippen LogP contribution in [0.15, 0.2) is 30.9 Å². The fourth-order valence-corrected chi connectivity index (χ4v) is 2.37. The number of nitrogens with zero attached hydrogens (tertiary/aromatic N) is 3. The number of aromatic nitrogens is 3. The Balaban J connectivity index is 2.40. The second-order valence-corrected chi connectivity index (χ2v) is 8.12. The van der Waals surface area contributed by atoms with Crippen molar-refractivity contribution in [3.05, 3.63) is 53.4 Å². The van der Waals surface area contributed by atoms with Gasteiger partial charge in [-0.1, -0.05) is 59.7 Å². The third-order valence-electron chi connectivity index (χ3n) is 3.99. The van der Waals surface area contributed by atoms with E-state index in [2.05, 4.69) is 74.7 Å². The van der Waals surface area contributed by atoms with Gasteiger partial charge in [-0.3, -0.25) is 0 Å². The zero-order chi connectivity index (χ0) is 17.3. The van der Waals surface area contributed by atoms with Gasteiger partial charge < -0.3 is 5.11 Å². The summed E-state index contributed by atoms with van der Waals surface area (Å²) in [6.45, 7) is 13.1. The summed E-state index contributed by atoms with van der Waals surface area (Å²) < 4.78 is 0. The third-order valence-corrected chi connectivity index (χ3v) is 3.99. The van der Waals surface area contributed by atoms with Crippen molar-refractivity contribution >= 4 is 0 Å². The topological polar surface area (TPSA) is 58.9 Å². The van der Waals surface area contributed by atoms with Crippen LogP contribution in [0.4, 0.5) is 0 Å². The molecular formula is C19H27N3O. The molecule has 2 rings (SSSR count). The van der Waals surface area contributed by atoms with Crippen LogP contribution < -0.4 is 0 Å². The van der Waals surface area contributed by atoms with Gasteiger partial charge in [-0.2, -0.15) is 0 Å². The fraction of sp³-hybridized carbons (Fsp3) is 0.526. The lowest BCUT2D eigenvalue weighted by molar-refractivity contribution is 0.175. The molecule has 4 heteroatoms. The highest BCUT2D eigenvalue weighted by Gasteiger charge is 2.22. The van der Waals surface area contributed by atoms with Crippen LogP contribution >= 0.6 is 0 Å². The van der Waals surface area contributed by atoms with E-state index in [4.69, 9.17) is 0 Å². The van der Waals surface area contributed by atoms with Gasteiger partial charge in [0, 0.05) is 6.42 Å². The molecular weight excluding hydrogens is 286 g/mol. The molecule has 0 fully saturated rings. The van der Waals surface area contributed by atoms with Crippen LogP contribution in [0, 0.1) is 0 Å². The van der Waals surface area contributed by atoms with E-state index < -0.39 is 6.10 Å². The number of benzene rings is 1. The maximum Gasteiger partial charge on any atom is 0.134 e. The van der Waals surface area contributed by atoms with Crippen LogP contribution in [0.25, 0.3) is 0 Å². The lowest BCUT2D eigenvalue weighted by Gasteiger charge is -2.27. The normalized spacial score (nSPS) is 13.9. The Bertz CT molecular complexity index is 622. The smallest absolute Gasteiger partial charge is 0.134 e. The summed E-state index contributed by atoms with van der Waals surface area (Å²) in [6, 6.07) is 6.45. The standard InChI is InChI=1S/C19H27N3O/c1-18(2,3)14-7-13(8-15(9-14)19(4,5)6)16(23)10-17-21-11-20-12-22-17/h7-9,11-12,16,23H,10H2,1-6H3. The summed E-state index contributed by atoms with van der Waals surface area (Å²) in [5.41, 5.74) is 3.44. The monoisotopic (exact) mass is 313 g/mol. The Hall–Kier alpha value is -1.81. The van der Waals surface area contributed by atoms with Crippen LogP contribution in [-0.4, -0.2) is 20.1 Å². The van der Waals surface area contributed by atoms with E-state index in [0.29, 0.717) is 12.2 Å². The van der Waals surface area contributed by atoms with E-state index >= 15 is 0 Å². The van der Waals surface area contributed by atoms with E-state index in [1.54, 1.807) is 0 Å². The second-order valence-electron chi connectivity index (χ2n) is 8.12. The molecule has 0 aliphatic heterocycles. The first kappa shape index (κ1) is 17.5. The van der Waals surface area contributed by atoms with Crippen LogP contribution in [0.2, 0.25) is 0 Å². The van der Waals surface area contributed by atoms with Crippen LogP contribution in [0.3, 0.4) is 0 Å². The number of rotatable bonds is 3. The molecule has 2 aromatic rings. The van der Waals surface area contributed by atoms with Crippen LogP contribution in [0.1, 0.15) is 70.2 Å². The van der Waals surface area contributed by atoms with Gasteiger partial charge in [0.2, 0.25) is 0 Å². The largest absolute Gasteiger partial charge is 0.388 e. The SMILES string of the molecule is CC(C)(C)c1cc(C(O)Cc2ncncn2)cc(C(C)(C)C)c1. The van der Waals surface area contributed by atoms with Gasteiger partial charge in [-0.15, -0.1) is 0 Å². The molecule has 1 atom stereocenters. The lowest BCUT2D eigenvalue weighted by Crippen LogP contribution is -2.18. The number of aliphatic hydroxyl groups excluding tert-OH is 1. The molecule has 0 bridgehead atoms. The fourth-order valence-electron chi connectivity index (χ4n) is 2.37. The van der Waals surface area contributed by atoms with Crippen molar-refractivity contribution in [1.82, 2.24) is 15.0 Å². The first-order chi connectivity index (χ1) is 10.6. The predicted octanol–water partition coefficient (Wildman–Crippen LogP) is 3.74. The summed E-state index contributed by atoms with van der Waals surface area (Å²) >= 11 is 0. The highest BCUT2D eigenvalue weighted by molar-refractivity contribution is 5.38. The molecule has 0 radical (unpaired) electrons. The Morgan fingerprint density at radius 1 is 0.870 bits per heavy atom. The molecule has 0 aliphatic rings. The van der Waals surface area contributed by atoms with Gasteiger partial charge in [0.15, 0.2) is 0 Å². The molecule has 1 N–H and O–H groups in total. The van der Waals surface area contributed by atoms with Crippen molar-refractivity contribution in [2.24, 2.45) is 0 Å². The maximum atomic E-state index is 10.7. The zero-order valence-electron chi connectivity index (χ0n) is 15.0. The molecule has 0 spiro atoms. The maximum absolute atomic E-state index is 10.7. The first-order valence-corrected chi connectivity index (χ1v) is 8.02. The quantitative estimate of drug-likeness (QED) is 0.937. The number of hydrogen-bond acceptors (Lipinski definition) is 4. The summed E-state index contributed by atoms with van der Waals surface area (Å²) in [5.74, 6) is 0.603. The van der Waals surface area contributed by atoms with Gasteiger partial charge in [0.25, 0.3) is 0 Å². The van der Waals surface area contributed by atoms with Gasteiger partial charge >= 0.3 is 0 Å². The molecule has 1 heterocycles. The summed E-state index contributed by atoms with van der Waals surface area (Å²) in [6.07, 6.45) is 2.68. The molecule has 23 heavy (non-hydrogen) atoms. The highest BCUT2D eigenvalue weighted by atomic mass is 16.3. The van der Waals surface area contributed by atoms with E-state index in [9.17, 15) is 5.11 Å². The molecule has 1 aromatic heterocycles. The molecule has 0 saturated carbocycles. The molecule has 0 aliphatic carbocycles. The van der Waals surface area contributed by atoms with Crippen molar-refractivity contribution in [3.63, 3.8) is 0 Å². The highest BCUT2D eigenvalue weighted by Crippen LogP contribution is 2.32. The molecule has 124 valence electrons. The van der Waals surface area contributed by atoms with Gasteiger partial charge in [0.05, 0.1) is 6.10 Å². The Morgan fingerprint density at radius 3 is 1.78 bits per heavy atom. The average molecular weight is 313 g/mol. The Morgan fingerprint density at radius 2 is 1.35 bits per heavy atom. The van der Waals surface area contributed by atoms with Gasteiger partial charge in [0.1, 0.15) is 18.5 Å². The van der Waals surface area contributed by atoms with Crippen molar-refractivity contribution < 1.29 is 5.11 Å². The third kappa shape index (κ3) is 4.58. The second kappa shape index (κ2) is 6.36.